The average molecular weight is 532 g/mol. The SMILES string of the molecule is C=C(O)c1cn2c(n1)O[C@@](C)(COc1ccc(N3CCC(Oc4ccc(OC(F)(F)F)cc4)CC3)cc1)C2. The molecule has 0 bridgehead atoms. The third kappa shape index (κ3) is 6.09. The predicted molar refractivity (Wildman–Crippen MR) is 134 cm³/mol. The zero-order chi connectivity index (χ0) is 26.9. The van der Waals surface area contributed by atoms with Crippen LogP contribution < -0.4 is 23.8 Å². The molecule has 0 unspecified atom stereocenters. The fourth-order valence-electron chi connectivity index (χ4n) is 4.55. The molecule has 8 nitrogen and oxygen atoms in total. The van der Waals surface area contributed by atoms with Crippen molar-refractivity contribution in [3.63, 3.8) is 0 Å². The van der Waals surface area contributed by atoms with Crippen LogP contribution in [-0.2, 0) is 6.54 Å². The average Bonchev–Trinajstić information content (AvgIpc) is 3.40. The summed E-state index contributed by atoms with van der Waals surface area (Å²) in [5, 5.41) is 9.50. The van der Waals surface area contributed by atoms with Crippen molar-refractivity contribution in [1.82, 2.24) is 9.55 Å². The molecule has 2 aromatic carbocycles. The van der Waals surface area contributed by atoms with Crippen LogP contribution in [0.15, 0.2) is 61.3 Å². The normalized spacial score (nSPS) is 19.5. The lowest BCUT2D eigenvalue weighted by Gasteiger charge is -2.33. The van der Waals surface area contributed by atoms with Gasteiger partial charge in [-0.25, -0.2) is 0 Å². The van der Waals surface area contributed by atoms with Crippen LogP contribution in [0.4, 0.5) is 18.9 Å². The number of halogens is 3. The highest BCUT2D eigenvalue weighted by atomic mass is 19.4. The fraction of sp³-hybridized carbons (Fsp3) is 0.370. The van der Waals surface area contributed by atoms with Gasteiger partial charge in [0.1, 0.15) is 41.4 Å². The second-order valence-corrected chi connectivity index (χ2v) is 9.64. The van der Waals surface area contributed by atoms with Crippen LogP contribution in [-0.4, -0.2) is 52.4 Å². The third-order valence-electron chi connectivity index (χ3n) is 6.43. The Morgan fingerprint density at radius 1 is 1.08 bits per heavy atom. The minimum Gasteiger partial charge on any atom is -0.506 e. The van der Waals surface area contributed by atoms with Gasteiger partial charge in [0.05, 0.1) is 6.54 Å². The summed E-state index contributed by atoms with van der Waals surface area (Å²) >= 11 is 0. The van der Waals surface area contributed by atoms with Gasteiger partial charge in [-0.05, 0) is 55.5 Å². The van der Waals surface area contributed by atoms with Gasteiger partial charge in [-0.3, -0.25) is 4.57 Å². The molecule has 5 rings (SSSR count). The fourth-order valence-corrected chi connectivity index (χ4v) is 4.55. The summed E-state index contributed by atoms with van der Waals surface area (Å²) in [6.45, 7) is 7.88. The van der Waals surface area contributed by atoms with E-state index in [1.54, 1.807) is 6.20 Å². The molecule has 38 heavy (non-hydrogen) atoms. The summed E-state index contributed by atoms with van der Waals surface area (Å²) < 4.78 is 60.6. The number of alkyl halides is 3. The molecule has 0 aliphatic carbocycles. The van der Waals surface area contributed by atoms with Gasteiger partial charge in [-0.1, -0.05) is 6.58 Å². The Morgan fingerprint density at radius 3 is 2.32 bits per heavy atom. The van der Waals surface area contributed by atoms with Crippen molar-refractivity contribution >= 4 is 11.4 Å². The molecule has 1 fully saturated rings. The van der Waals surface area contributed by atoms with Crippen molar-refractivity contribution < 1.29 is 37.2 Å². The first-order chi connectivity index (χ1) is 18.1. The first-order valence-corrected chi connectivity index (χ1v) is 12.2. The van der Waals surface area contributed by atoms with Crippen LogP contribution in [0.25, 0.3) is 5.76 Å². The smallest absolute Gasteiger partial charge is 0.506 e. The number of rotatable bonds is 8. The van der Waals surface area contributed by atoms with Gasteiger partial charge >= 0.3 is 6.36 Å². The molecular formula is C27H28F3N3O5. The van der Waals surface area contributed by atoms with E-state index in [0.29, 0.717) is 30.6 Å². The van der Waals surface area contributed by atoms with Crippen LogP contribution in [0.2, 0.25) is 0 Å². The molecule has 2 aliphatic rings. The van der Waals surface area contributed by atoms with Crippen molar-refractivity contribution in [2.24, 2.45) is 0 Å². The summed E-state index contributed by atoms with van der Waals surface area (Å²) in [6.07, 6.45) is -1.45. The number of piperidine rings is 1. The number of aliphatic hydroxyl groups excluding tert-OH is 1. The quantitative estimate of drug-likeness (QED) is 0.380. The molecule has 1 saturated heterocycles. The highest BCUT2D eigenvalue weighted by molar-refractivity contribution is 5.52. The number of benzene rings is 2. The van der Waals surface area contributed by atoms with Gasteiger partial charge < -0.3 is 29.0 Å². The van der Waals surface area contributed by atoms with Gasteiger partial charge in [-0.15, -0.1) is 13.2 Å². The van der Waals surface area contributed by atoms with Crippen LogP contribution in [0.3, 0.4) is 0 Å². The first kappa shape index (κ1) is 25.6. The molecule has 0 saturated carbocycles. The van der Waals surface area contributed by atoms with E-state index in [1.807, 2.05) is 35.8 Å². The van der Waals surface area contributed by atoms with Gasteiger partial charge in [0.15, 0.2) is 5.60 Å². The van der Waals surface area contributed by atoms with Crippen molar-refractivity contribution in [2.45, 2.75) is 44.4 Å². The van der Waals surface area contributed by atoms with E-state index in [1.165, 1.54) is 24.3 Å². The number of anilines is 1. The summed E-state index contributed by atoms with van der Waals surface area (Å²) in [7, 11) is 0. The van der Waals surface area contributed by atoms with Gasteiger partial charge in [0, 0.05) is 37.8 Å². The molecule has 1 atom stereocenters. The van der Waals surface area contributed by atoms with E-state index in [4.69, 9.17) is 14.2 Å². The van der Waals surface area contributed by atoms with Gasteiger partial charge in [0.25, 0.3) is 6.01 Å². The van der Waals surface area contributed by atoms with Crippen molar-refractivity contribution in [3.8, 4) is 23.3 Å². The number of hydrogen-bond acceptors (Lipinski definition) is 7. The maximum atomic E-state index is 12.3. The molecule has 1 aromatic heterocycles. The second kappa shape index (κ2) is 10.0. The van der Waals surface area contributed by atoms with E-state index in [2.05, 4.69) is 21.2 Å². The Morgan fingerprint density at radius 2 is 1.71 bits per heavy atom. The molecule has 202 valence electrons. The Labute approximate surface area is 217 Å². The Hall–Kier alpha value is -4.02. The van der Waals surface area contributed by atoms with E-state index in [9.17, 15) is 18.3 Å². The zero-order valence-corrected chi connectivity index (χ0v) is 20.8. The Kier molecular flexibility index (Phi) is 6.77. The van der Waals surface area contributed by atoms with Crippen molar-refractivity contribution in [1.29, 1.82) is 0 Å². The molecule has 3 aromatic rings. The molecule has 0 amide bonds. The predicted octanol–water partition coefficient (Wildman–Crippen LogP) is 5.59. The number of aliphatic hydroxyl groups is 1. The monoisotopic (exact) mass is 531 g/mol. The number of nitrogens with zero attached hydrogens (tertiary/aromatic N) is 3. The largest absolute Gasteiger partial charge is 0.573 e. The molecule has 11 heteroatoms. The molecule has 0 spiro atoms. The molecule has 3 heterocycles. The van der Waals surface area contributed by atoms with Crippen LogP contribution >= 0.6 is 0 Å². The summed E-state index contributed by atoms with van der Waals surface area (Å²) in [5.41, 5.74) is 0.886. The van der Waals surface area contributed by atoms with Crippen LogP contribution in [0.1, 0.15) is 25.5 Å². The molecule has 1 N–H and O–H groups in total. The molecule has 0 radical (unpaired) electrons. The highest BCUT2D eigenvalue weighted by Crippen LogP contribution is 2.32. The Bertz CT molecular complexity index is 1240. The van der Waals surface area contributed by atoms with E-state index < -0.39 is 12.0 Å². The standard InChI is InChI=1S/C27H28F3N3O5/c1-18(34)24-15-33-16-26(2,38-25(33)31-24)17-35-20-5-3-19(4-6-20)32-13-11-22(12-14-32)36-21-7-9-23(10-8-21)37-27(28,29)30/h3-10,15,22,34H,1,11-14,16-17H2,2H3/t26-/m1/s1. The topological polar surface area (TPSA) is 78.2 Å². The maximum Gasteiger partial charge on any atom is 0.573 e. The van der Waals surface area contributed by atoms with Gasteiger partial charge in [0.2, 0.25) is 0 Å². The van der Waals surface area contributed by atoms with E-state index in [-0.39, 0.29) is 17.6 Å². The first-order valence-electron chi connectivity index (χ1n) is 12.2. The Balaban J connectivity index is 1.07. The minimum absolute atomic E-state index is 0.0170. The number of hydrogen-bond donors (Lipinski definition) is 1. The lowest BCUT2D eigenvalue weighted by molar-refractivity contribution is -0.274. The van der Waals surface area contributed by atoms with Crippen molar-refractivity contribution in [3.05, 3.63) is 67.0 Å². The van der Waals surface area contributed by atoms with E-state index >= 15 is 0 Å². The number of imidazole rings is 1. The number of ether oxygens (including phenoxy) is 4. The summed E-state index contributed by atoms with van der Waals surface area (Å²) in [6, 6.07) is 13.8. The molecule has 2 aliphatic heterocycles. The zero-order valence-electron chi connectivity index (χ0n) is 20.8. The third-order valence-corrected chi connectivity index (χ3v) is 6.43. The maximum absolute atomic E-state index is 12.3. The second-order valence-electron chi connectivity index (χ2n) is 9.64. The summed E-state index contributed by atoms with van der Waals surface area (Å²) in [5.74, 6) is 0.872. The number of fused-ring (bicyclic) bond motifs is 1. The minimum atomic E-state index is -4.71. The summed E-state index contributed by atoms with van der Waals surface area (Å²) in [4.78, 5) is 6.49. The lowest BCUT2D eigenvalue weighted by Crippen LogP contribution is -2.38. The van der Waals surface area contributed by atoms with Crippen molar-refractivity contribution in [2.75, 3.05) is 24.6 Å². The lowest BCUT2D eigenvalue weighted by atomic mass is 10.1. The highest BCUT2D eigenvalue weighted by Gasteiger charge is 2.37. The van der Waals surface area contributed by atoms with Gasteiger partial charge in [-0.2, -0.15) is 4.98 Å². The number of aromatic nitrogens is 2. The van der Waals surface area contributed by atoms with Crippen LogP contribution in [0, 0.1) is 0 Å². The molecular weight excluding hydrogens is 503 g/mol. The van der Waals surface area contributed by atoms with Crippen LogP contribution in [0.5, 0.6) is 23.3 Å². The van der Waals surface area contributed by atoms with E-state index in [0.717, 1.165) is 37.4 Å².